The SMILES string of the molecule is N#Cc1ccc([C@H]2CC[C@H]([C@H]3CC[C@H](CC/C=C/C(=O)O)CC3)CC2)cc1F. The molecular weight excluding hydrogens is 353 g/mol. The third-order valence-corrected chi connectivity index (χ3v) is 6.92. The fourth-order valence-corrected chi connectivity index (χ4v) is 5.26. The van der Waals surface area contributed by atoms with Gasteiger partial charge >= 0.3 is 5.97 Å². The van der Waals surface area contributed by atoms with E-state index in [9.17, 15) is 9.18 Å². The number of rotatable bonds is 6. The van der Waals surface area contributed by atoms with Crippen molar-refractivity contribution < 1.29 is 14.3 Å². The quantitative estimate of drug-likeness (QED) is 0.595. The number of aliphatic carboxylic acids is 1. The number of nitrogens with zero attached hydrogens (tertiary/aromatic N) is 1. The second-order valence-electron chi connectivity index (χ2n) is 8.56. The molecule has 0 unspecified atom stereocenters. The van der Waals surface area contributed by atoms with E-state index in [1.807, 2.05) is 12.1 Å². The van der Waals surface area contributed by atoms with E-state index in [0.29, 0.717) is 5.92 Å². The summed E-state index contributed by atoms with van der Waals surface area (Å²) >= 11 is 0. The molecule has 0 heterocycles. The number of hydrogen-bond acceptors (Lipinski definition) is 2. The van der Waals surface area contributed by atoms with Crippen LogP contribution in [0.2, 0.25) is 0 Å². The van der Waals surface area contributed by atoms with E-state index in [2.05, 4.69) is 0 Å². The van der Waals surface area contributed by atoms with Crippen molar-refractivity contribution in [3.8, 4) is 6.07 Å². The third-order valence-electron chi connectivity index (χ3n) is 6.92. The fraction of sp³-hybridized carbons (Fsp3) is 0.583. The Balaban J connectivity index is 1.42. The van der Waals surface area contributed by atoms with Crippen LogP contribution in [-0.4, -0.2) is 11.1 Å². The van der Waals surface area contributed by atoms with Crippen LogP contribution in [0.5, 0.6) is 0 Å². The average Bonchev–Trinajstić information content (AvgIpc) is 2.71. The van der Waals surface area contributed by atoms with Crippen LogP contribution in [0.3, 0.4) is 0 Å². The molecule has 1 N–H and O–H groups in total. The zero-order valence-corrected chi connectivity index (χ0v) is 16.4. The van der Waals surface area contributed by atoms with Crippen LogP contribution >= 0.6 is 0 Å². The first-order valence-electron chi connectivity index (χ1n) is 10.7. The van der Waals surface area contributed by atoms with E-state index in [1.165, 1.54) is 44.6 Å². The minimum Gasteiger partial charge on any atom is -0.478 e. The maximum absolute atomic E-state index is 13.9. The summed E-state index contributed by atoms with van der Waals surface area (Å²) in [5, 5.41) is 17.5. The summed E-state index contributed by atoms with van der Waals surface area (Å²) in [4.78, 5) is 10.5. The number of allylic oxidation sites excluding steroid dienone is 1. The minimum atomic E-state index is -0.858. The zero-order valence-electron chi connectivity index (χ0n) is 16.4. The molecule has 0 bridgehead atoms. The number of benzene rings is 1. The fourth-order valence-electron chi connectivity index (χ4n) is 5.26. The van der Waals surface area contributed by atoms with E-state index in [1.54, 1.807) is 18.2 Å². The molecule has 1 aromatic carbocycles. The molecule has 2 fully saturated rings. The summed E-state index contributed by atoms with van der Waals surface area (Å²) in [5.41, 5.74) is 1.18. The molecule has 150 valence electrons. The molecule has 3 rings (SSSR count). The van der Waals surface area contributed by atoms with Gasteiger partial charge in [0.2, 0.25) is 0 Å². The van der Waals surface area contributed by atoms with Gasteiger partial charge in [-0.15, -0.1) is 0 Å². The first-order valence-corrected chi connectivity index (χ1v) is 10.7. The van der Waals surface area contributed by atoms with Gasteiger partial charge < -0.3 is 5.11 Å². The second-order valence-corrected chi connectivity index (χ2v) is 8.56. The number of nitriles is 1. The molecule has 4 heteroatoms. The van der Waals surface area contributed by atoms with Crippen LogP contribution in [0.4, 0.5) is 4.39 Å². The molecule has 28 heavy (non-hydrogen) atoms. The first kappa shape index (κ1) is 20.6. The molecule has 0 amide bonds. The predicted octanol–water partition coefficient (Wildman–Crippen LogP) is 6.20. The van der Waals surface area contributed by atoms with Crippen molar-refractivity contribution in [3.63, 3.8) is 0 Å². The van der Waals surface area contributed by atoms with Crippen molar-refractivity contribution in [1.82, 2.24) is 0 Å². The number of hydrogen-bond donors (Lipinski definition) is 1. The monoisotopic (exact) mass is 383 g/mol. The molecule has 0 aliphatic heterocycles. The number of carbonyl (C=O) groups is 1. The van der Waals surface area contributed by atoms with Crippen molar-refractivity contribution in [1.29, 1.82) is 5.26 Å². The summed E-state index contributed by atoms with van der Waals surface area (Å²) in [6, 6.07) is 7.00. The van der Waals surface area contributed by atoms with Gasteiger partial charge in [0.05, 0.1) is 5.56 Å². The molecule has 1 aromatic rings. The first-order chi connectivity index (χ1) is 13.6. The predicted molar refractivity (Wildman–Crippen MR) is 107 cm³/mol. The van der Waals surface area contributed by atoms with E-state index in [0.717, 1.165) is 49.0 Å². The van der Waals surface area contributed by atoms with Crippen molar-refractivity contribution in [2.45, 2.75) is 70.1 Å². The highest BCUT2D eigenvalue weighted by molar-refractivity contribution is 5.79. The van der Waals surface area contributed by atoms with E-state index < -0.39 is 11.8 Å². The molecule has 2 saturated carbocycles. The number of halogens is 1. The Hall–Kier alpha value is -2.15. The van der Waals surface area contributed by atoms with Crippen molar-refractivity contribution >= 4 is 5.97 Å². The lowest BCUT2D eigenvalue weighted by Crippen LogP contribution is -2.25. The lowest BCUT2D eigenvalue weighted by molar-refractivity contribution is -0.131. The molecule has 2 aliphatic rings. The van der Waals surface area contributed by atoms with Crippen molar-refractivity contribution in [2.24, 2.45) is 17.8 Å². The lowest BCUT2D eigenvalue weighted by Gasteiger charge is -2.38. The Morgan fingerprint density at radius 2 is 1.75 bits per heavy atom. The Bertz CT molecular complexity index is 735. The number of carboxylic acids is 1. The zero-order chi connectivity index (χ0) is 19.9. The molecule has 3 nitrogen and oxygen atoms in total. The number of carboxylic acid groups (broad SMARTS) is 1. The van der Waals surface area contributed by atoms with Gasteiger partial charge in [0, 0.05) is 6.08 Å². The van der Waals surface area contributed by atoms with Gasteiger partial charge in [-0.05, 0) is 92.7 Å². The maximum Gasteiger partial charge on any atom is 0.327 e. The normalized spacial score (nSPS) is 28.1. The third kappa shape index (κ3) is 5.44. The molecule has 0 aromatic heterocycles. The lowest BCUT2D eigenvalue weighted by atomic mass is 9.68. The Morgan fingerprint density at radius 1 is 1.11 bits per heavy atom. The summed E-state index contributed by atoms with van der Waals surface area (Å²) in [6.07, 6.45) is 14.8. The van der Waals surface area contributed by atoms with Crippen LogP contribution in [0.1, 0.15) is 81.3 Å². The molecule has 0 radical (unpaired) electrons. The van der Waals surface area contributed by atoms with Gasteiger partial charge in [0.15, 0.2) is 0 Å². The molecule has 2 aliphatic carbocycles. The van der Waals surface area contributed by atoms with Crippen LogP contribution < -0.4 is 0 Å². The highest BCUT2D eigenvalue weighted by atomic mass is 19.1. The smallest absolute Gasteiger partial charge is 0.327 e. The minimum absolute atomic E-state index is 0.132. The summed E-state index contributed by atoms with van der Waals surface area (Å²) in [6.45, 7) is 0. The molecule has 0 saturated heterocycles. The Labute approximate surface area is 167 Å². The van der Waals surface area contributed by atoms with Crippen LogP contribution in [-0.2, 0) is 4.79 Å². The summed E-state index contributed by atoms with van der Waals surface area (Å²) < 4.78 is 13.9. The maximum atomic E-state index is 13.9. The molecule has 0 atom stereocenters. The Kier molecular flexibility index (Phi) is 7.25. The van der Waals surface area contributed by atoms with E-state index in [4.69, 9.17) is 10.4 Å². The van der Waals surface area contributed by atoms with E-state index >= 15 is 0 Å². The Morgan fingerprint density at radius 3 is 2.32 bits per heavy atom. The highest BCUT2D eigenvalue weighted by Crippen LogP contribution is 2.44. The molecule has 0 spiro atoms. The van der Waals surface area contributed by atoms with Gasteiger partial charge in [0.1, 0.15) is 11.9 Å². The average molecular weight is 384 g/mol. The van der Waals surface area contributed by atoms with Gasteiger partial charge in [0.25, 0.3) is 0 Å². The van der Waals surface area contributed by atoms with Gasteiger partial charge in [-0.1, -0.05) is 25.0 Å². The summed E-state index contributed by atoms with van der Waals surface area (Å²) in [5.74, 6) is 1.54. The van der Waals surface area contributed by atoms with Crippen molar-refractivity contribution in [3.05, 3.63) is 47.3 Å². The highest BCUT2D eigenvalue weighted by Gasteiger charge is 2.31. The molecular formula is C24H30FNO2. The van der Waals surface area contributed by atoms with Gasteiger partial charge in [-0.3, -0.25) is 0 Å². The van der Waals surface area contributed by atoms with Crippen LogP contribution in [0, 0.1) is 34.9 Å². The van der Waals surface area contributed by atoms with E-state index in [-0.39, 0.29) is 5.56 Å². The standard InChI is InChI=1S/C24H30FNO2/c25-23-15-21(13-14-22(23)16-26)20-11-9-19(10-12-20)18-7-5-17(6-8-18)3-1-2-4-24(27)28/h2,4,13-15,17-20H,1,3,5-12H2,(H,27,28)/b4-2+/t17-,18-,19-,20-. The van der Waals surface area contributed by atoms with Crippen molar-refractivity contribution in [2.75, 3.05) is 0 Å². The second kappa shape index (κ2) is 9.87. The summed E-state index contributed by atoms with van der Waals surface area (Å²) in [7, 11) is 0. The largest absolute Gasteiger partial charge is 0.478 e. The van der Waals surface area contributed by atoms with Gasteiger partial charge in [-0.25, -0.2) is 9.18 Å². The van der Waals surface area contributed by atoms with Crippen LogP contribution in [0.15, 0.2) is 30.4 Å². The topological polar surface area (TPSA) is 61.1 Å². The van der Waals surface area contributed by atoms with Crippen LogP contribution in [0.25, 0.3) is 0 Å². The van der Waals surface area contributed by atoms with Gasteiger partial charge in [-0.2, -0.15) is 5.26 Å².